The molecule has 0 aliphatic heterocycles. The second-order valence-electron chi connectivity index (χ2n) is 3.16. The molecule has 0 unspecified atom stereocenters. The van der Waals surface area contributed by atoms with Gasteiger partial charge < -0.3 is 0 Å². The van der Waals surface area contributed by atoms with Gasteiger partial charge in [-0.25, -0.2) is 10.1 Å². The van der Waals surface area contributed by atoms with E-state index in [1.807, 2.05) is 13.8 Å². The third-order valence-electron chi connectivity index (χ3n) is 1.41. The van der Waals surface area contributed by atoms with Crippen molar-refractivity contribution in [2.24, 2.45) is 11.0 Å². The molecule has 0 aliphatic rings. The Balaban J connectivity index is 2.56. The molecular weight excluding hydrogens is 184 g/mol. The van der Waals surface area contributed by atoms with E-state index in [-0.39, 0.29) is 11.6 Å². The van der Waals surface area contributed by atoms with E-state index in [4.69, 9.17) is 0 Å². The third-order valence-corrected chi connectivity index (χ3v) is 1.41. The number of hydrogen-bond donors (Lipinski definition) is 1. The van der Waals surface area contributed by atoms with Crippen molar-refractivity contribution in [1.82, 2.24) is 15.7 Å². The SMILES string of the molecule is Cc1nonc1C(=O)N/N=C\C(C)C. The molecule has 6 heteroatoms. The molecule has 0 aliphatic carbocycles. The van der Waals surface area contributed by atoms with Crippen LogP contribution in [0.15, 0.2) is 9.73 Å². The molecule has 14 heavy (non-hydrogen) atoms. The van der Waals surface area contributed by atoms with E-state index in [1.165, 1.54) is 0 Å². The smallest absolute Gasteiger partial charge is 0.265 e. The zero-order valence-electron chi connectivity index (χ0n) is 8.31. The quantitative estimate of drug-likeness (QED) is 0.571. The predicted molar refractivity (Wildman–Crippen MR) is 49.8 cm³/mol. The lowest BCUT2D eigenvalue weighted by molar-refractivity contribution is 0.0944. The topological polar surface area (TPSA) is 80.4 Å². The first-order chi connectivity index (χ1) is 6.61. The highest BCUT2D eigenvalue weighted by Gasteiger charge is 2.13. The summed E-state index contributed by atoms with van der Waals surface area (Å²) in [5.41, 5.74) is 2.93. The molecule has 0 aromatic carbocycles. The predicted octanol–water partition coefficient (Wildman–Crippen LogP) is 0.750. The van der Waals surface area contributed by atoms with Gasteiger partial charge in [-0.1, -0.05) is 19.0 Å². The Labute approximate surface area is 81.3 Å². The lowest BCUT2D eigenvalue weighted by Gasteiger charge is -1.95. The van der Waals surface area contributed by atoms with Gasteiger partial charge >= 0.3 is 0 Å². The molecule has 1 aromatic rings. The number of nitrogens with zero attached hydrogens (tertiary/aromatic N) is 3. The van der Waals surface area contributed by atoms with Gasteiger partial charge in [0, 0.05) is 6.21 Å². The number of aromatic nitrogens is 2. The van der Waals surface area contributed by atoms with Crippen LogP contribution >= 0.6 is 0 Å². The van der Waals surface area contributed by atoms with E-state index >= 15 is 0 Å². The molecule has 0 saturated carbocycles. The summed E-state index contributed by atoms with van der Waals surface area (Å²) in [4.78, 5) is 11.3. The zero-order chi connectivity index (χ0) is 10.6. The highest BCUT2D eigenvalue weighted by molar-refractivity contribution is 5.93. The van der Waals surface area contributed by atoms with Gasteiger partial charge in [-0.05, 0) is 18.0 Å². The third kappa shape index (κ3) is 2.65. The molecule has 76 valence electrons. The Morgan fingerprint density at radius 1 is 1.57 bits per heavy atom. The van der Waals surface area contributed by atoms with Crippen molar-refractivity contribution in [3.63, 3.8) is 0 Å². The largest absolute Gasteiger partial charge is 0.295 e. The number of nitrogens with one attached hydrogen (secondary N) is 1. The summed E-state index contributed by atoms with van der Waals surface area (Å²) in [7, 11) is 0. The fourth-order valence-electron chi connectivity index (χ4n) is 0.735. The number of carbonyl (C=O) groups is 1. The summed E-state index contributed by atoms with van der Waals surface area (Å²) in [5, 5.41) is 10.7. The molecule has 1 heterocycles. The van der Waals surface area contributed by atoms with Gasteiger partial charge in [0.25, 0.3) is 5.91 Å². The van der Waals surface area contributed by atoms with E-state index in [2.05, 4.69) is 25.5 Å². The second kappa shape index (κ2) is 4.50. The second-order valence-corrected chi connectivity index (χ2v) is 3.16. The zero-order valence-corrected chi connectivity index (χ0v) is 8.31. The van der Waals surface area contributed by atoms with Crippen molar-refractivity contribution in [3.05, 3.63) is 11.4 Å². The van der Waals surface area contributed by atoms with Crippen molar-refractivity contribution < 1.29 is 9.42 Å². The number of amides is 1. The highest BCUT2D eigenvalue weighted by atomic mass is 16.6. The van der Waals surface area contributed by atoms with Crippen molar-refractivity contribution in [1.29, 1.82) is 0 Å². The van der Waals surface area contributed by atoms with Crippen LogP contribution in [0, 0.1) is 12.8 Å². The molecule has 0 spiro atoms. The summed E-state index contributed by atoms with van der Waals surface area (Å²) < 4.78 is 4.38. The van der Waals surface area contributed by atoms with Gasteiger partial charge in [0.05, 0.1) is 0 Å². The van der Waals surface area contributed by atoms with Crippen LogP contribution in [0.1, 0.15) is 30.0 Å². The van der Waals surface area contributed by atoms with E-state index in [1.54, 1.807) is 13.1 Å². The minimum absolute atomic E-state index is 0.158. The summed E-state index contributed by atoms with van der Waals surface area (Å²) in [6.45, 7) is 5.55. The van der Waals surface area contributed by atoms with E-state index in [0.717, 1.165) is 0 Å². The van der Waals surface area contributed by atoms with Crippen LogP contribution in [0.4, 0.5) is 0 Å². The van der Waals surface area contributed by atoms with Gasteiger partial charge in [0.1, 0.15) is 5.69 Å². The molecule has 1 amide bonds. The minimum Gasteiger partial charge on any atom is -0.265 e. The fraction of sp³-hybridized carbons (Fsp3) is 0.500. The number of rotatable bonds is 3. The average molecular weight is 196 g/mol. The number of hydrogen-bond acceptors (Lipinski definition) is 5. The maximum atomic E-state index is 11.3. The molecule has 1 N–H and O–H groups in total. The van der Waals surface area contributed by atoms with Crippen molar-refractivity contribution in [2.75, 3.05) is 0 Å². The Kier molecular flexibility index (Phi) is 3.33. The van der Waals surface area contributed by atoms with Gasteiger partial charge in [-0.15, -0.1) is 0 Å². The summed E-state index contributed by atoms with van der Waals surface area (Å²) in [6, 6.07) is 0. The fourth-order valence-corrected chi connectivity index (χ4v) is 0.735. The Bertz CT molecular complexity index is 343. The molecule has 0 atom stereocenters. The van der Waals surface area contributed by atoms with Crippen molar-refractivity contribution in [2.45, 2.75) is 20.8 Å². The summed E-state index contributed by atoms with van der Waals surface area (Å²) in [5.74, 6) is -0.132. The number of carbonyl (C=O) groups excluding carboxylic acids is 1. The standard InChI is InChI=1S/C8H12N4O2/c1-5(2)4-9-10-8(13)7-6(3)11-14-12-7/h4-5H,1-3H3,(H,10,13)/b9-4-. The minimum atomic E-state index is -0.416. The first-order valence-electron chi connectivity index (χ1n) is 4.24. The summed E-state index contributed by atoms with van der Waals surface area (Å²) in [6.07, 6.45) is 1.63. The van der Waals surface area contributed by atoms with Gasteiger partial charge in [0.15, 0.2) is 5.69 Å². The van der Waals surface area contributed by atoms with Crippen molar-refractivity contribution in [3.8, 4) is 0 Å². The molecule has 0 radical (unpaired) electrons. The van der Waals surface area contributed by atoms with E-state index < -0.39 is 5.91 Å². The summed E-state index contributed by atoms with van der Waals surface area (Å²) >= 11 is 0. The molecule has 0 fully saturated rings. The molecule has 1 aromatic heterocycles. The first kappa shape index (κ1) is 10.4. The van der Waals surface area contributed by atoms with Crippen LogP contribution < -0.4 is 5.43 Å². The van der Waals surface area contributed by atoms with Crippen molar-refractivity contribution >= 4 is 12.1 Å². The van der Waals surface area contributed by atoms with Gasteiger partial charge in [-0.2, -0.15) is 5.10 Å². The molecule has 0 bridgehead atoms. The van der Waals surface area contributed by atoms with Gasteiger partial charge in [0.2, 0.25) is 0 Å². The molecule has 1 rings (SSSR count). The number of hydrazone groups is 1. The number of aryl methyl sites for hydroxylation is 1. The van der Waals surface area contributed by atoms with Gasteiger partial charge in [-0.3, -0.25) is 4.79 Å². The molecule has 6 nitrogen and oxygen atoms in total. The van der Waals surface area contributed by atoms with Crippen LogP contribution in [-0.2, 0) is 0 Å². The lowest BCUT2D eigenvalue weighted by Crippen LogP contribution is -2.19. The average Bonchev–Trinajstić information content (AvgIpc) is 2.50. The maximum absolute atomic E-state index is 11.3. The molecule has 0 saturated heterocycles. The molecular formula is C8H12N4O2. The van der Waals surface area contributed by atoms with Crippen LogP contribution in [0.5, 0.6) is 0 Å². The maximum Gasteiger partial charge on any atom is 0.295 e. The monoisotopic (exact) mass is 196 g/mol. The Hall–Kier alpha value is -1.72. The van der Waals surface area contributed by atoms with Crippen LogP contribution in [-0.4, -0.2) is 22.4 Å². The lowest BCUT2D eigenvalue weighted by atomic mass is 10.3. The first-order valence-corrected chi connectivity index (χ1v) is 4.24. The van der Waals surface area contributed by atoms with Crippen LogP contribution in [0.25, 0.3) is 0 Å². The van der Waals surface area contributed by atoms with Crippen LogP contribution in [0.3, 0.4) is 0 Å². The normalized spacial score (nSPS) is 11.1. The van der Waals surface area contributed by atoms with Crippen LogP contribution in [0.2, 0.25) is 0 Å². The van der Waals surface area contributed by atoms with E-state index in [0.29, 0.717) is 5.69 Å². The highest BCUT2D eigenvalue weighted by Crippen LogP contribution is 1.99. The van der Waals surface area contributed by atoms with E-state index in [9.17, 15) is 4.79 Å². The Morgan fingerprint density at radius 2 is 2.29 bits per heavy atom. The Morgan fingerprint density at radius 3 is 2.79 bits per heavy atom.